The van der Waals surface area contributed by atoms with Gasteiger partial charge in [0.2, 0.25) is 0 Å². The molecule has 20 heavy (non-hydrogen) atoms. The summed E-state index contributed by atoms with van der Waals surface area (Å²) in [6, 6.07) is 8.10. The van der Waals surface area contributed by atoms with Gasteiger partial charge in [-0.2, -0.15) is 0 Å². The van der Waals surface area contributed by atoms with Crippen LogP contribution >= 0.6 is 15.9 Å². The molecular weight excluding hydrogens is 318 g/mol. The average Bonchev–Trinajstić information content (AvgIpc) is 2.42. The van der Waals surface area contributed by atoms with E-state index >= 15 is 0 Å². The van der Waals surface area contributed by atoms with E-state index in [2.05, 4.69) is 28.2 Å². The summed E-state index contributed by atoms with van der Waals surface area (Å²) in [6.45, 7) is 5.23. The van der Waals surface area contributed by atoms with Gasteiger partial charge < -0.3 is 10.1 Å². The van der Waals surface area contributed by atoms with E-state index in [4.69, 9.17) is 4.74 Å². The number of benzene rings is 1. The van der Waals surface area contributed by atoms with Crippen molar-refractivity contribution < 1.29 is 9.53 Å². The first-order valence-electron chi connectivity index (χ1n) is 7.01. The Morgan fingerprint density at radius 1 is 1.30 bits per heavy atom. The summed E-state index contributed by atoms with van der Waals surface area (Å²) >= 11 is 3.42. The second-order valence-electron chi connectivity index (χ2n) is 4.51. The van der Waals surface area contributed by atoms with Crippen LogP contribution in [-0.4, -0.2) is 19.1 Å². The van der Waals surface area contributed by atoms with Gasteiger partial charge in [0.1, 0.15) is 0 Å². The Labute approximate surface area is 129 Å². The molecule has 0 atom stereocenters. The molecule has 0 aliphatic carbocycles. The first-order valence-corrected chi connectivity index (χ1v) is 7.80. The summed E-state index contributed by atoms with van der Waals surface area (Å²) in [4.78, 5) is 11.6. The maximum atomic E-state index is 11.6. The lowest BCUT2D eigenvalue weighted by Crippen LogP contribution is -2.18. The second kappa shape index (κ2) is 9.59. The Hall–Kier alpha value is -1.29. The smallest absolute Gasteiger partial charge is 0.332 e. The highest BCUT2D eigenvalue weighted by Gasteiger charge is 2.04. The van der Waals surface area contributed by atoms with Crippen molar-refractivity contribution in [2.24, 2.45) is 0 Å². The standard InChI is InChI=1S/C16H22BrNO2/c1-3-5-10-18-15(12-16(19)20-4-2)11-13-6-8-14(17)9-7-13/h6-9,12,18H,3-5,10-11H2,1-2H3. The van der Waals surface area contributed by atoms with Gasteiger partial charge in [-0.25, -0.2) is 4.79 Å². The Morgan fingerprint density at radius 2 is 2.00 bits per heavy atom. The number of hydrogen-bond donors (Lipinski definition) is 1. The van der Waals surface area contributed by atoms with Crippen LogP contribution in [-0.2, 0) is 16.0 Å². The molecule has 0 saturated heterocycles. The van der Waals surface area contributed by atoms with Crippen LogP contribution in [0.3, 0.4) is 0 Å². The van der Waals surface area contributed by atoms with Gasteiger partial charge in [0, 0.05) is 29.2 Å². The molecule has 0 heterocycles. The lowest BCUT2D eigenvalue weighted by molar-refractivity contribution is -0.137. The average molecular weight is 340 g/mol. The maximum absolute atomic E-state index is 11.6. The molecule has 0 aromatic heterocycles. The van der Waals surface area contributed by atoms with E-state index < -0.39 is 0 Å². The first kappa shape index (κ1) is 16.8. The summed E-state index contributed by atoms with van der Waals surface area (Å²) in [5.74, 6) is -0.288. The van der Waals surface area contributed by atoms with Crippen molar-refractivity contribution in [1.82, 2.24) is 5.32 Å². The number of hydrogen-bond acceptors (Lipinski definition) is 3. The number of carbonyl (C=O) groups excluding carboxylic acids is 1. The van der Waals surface area contributed by atoms with E-state index in [1.807, 2.05) is 31.2 Å². The molecule has 3 nitrogen and oxygen atoms in total. The molecule has 1 N–H and O–H groups in total. The van der Waals surface area contributed by atoms with Crippen molar-refractivity contribution in [2.45, 2.75) is 33.1 Å². The number of ether oxygens (including phenoxy) is 1. The zero-order chi connectivity index (χ0) is 14.8. The fraction of sp³-hybridized carbons (Fsp3) is 0.438. The van der Waals surface area contributed by atoms with Gasteiger partial charge in [-0.05, 0) is 31.0 Å². The van der Waals surface area contributed by atoms with Crippen LogP contribution in [0.1, 0.15) is 32.3 Å². The molecule has 0 spiro atoms. The molecule has 1 aromatic rings. The molecule has 4 heteroatoms. The number of allylic oxidation sites excluding steroid dienone is 1. The number of rotatable bonds is 8. The highest BCUT2D eigenvalue weighted by atomic mass is 79.9. The summed E-state index contributed by atoms with van der Waals surface area (Å²) < 4.78 is 6.02. The Morgan fingerprint density at radius 3 is 2.60 bits per heavy atom. The van der Waals surface area contributed by atoms with Crippen LogP contribution in [0.15, 0.2) is 40.5 Å². The van der Waals surface area contributed by atoms with Crippen LogP contribution < -0.4 is 5.32 Å². The molecule has 110 valence electrons. The van der Waals surface area contributed by atoms with E-state index in [1.54, 1.807) is 6.08 Å². The molecule has 0 amide bonds. The Bertz CT molecular complexity index is 440. The van der Waals surface area contributed by atoms with Gasteiger partial charge in [-0.15, -0.1) is 0 Å². The quantitative estimate of drug-likeness (QED) is 0.444. The van der Waals surface area contributed by atoms with E-state index in [9.17, 15) is 4.79 Å². The number of nitrogens with one attached hydrogen (secondary N) is 1. The highest BCUT2D eigenvalue weighted by Crippen LogP contribution is 2.13. The fourth-order valence-electron chi connectivity index (χ4n) is 1.74. The lowest BCUT2D eigenvalue weighted by Gasteiger charge is -2.11. The predicted octanol–water partition coefficient (Wildman–Crippen LogP) is 3.83. The SMILES string of the molecule is CCCCNC(=CC(=O)OCC)Cc1ccc(Br)cc1. The Balaban J connectivity index is 2.70. The summed E-state index contributed by atoms with van der Waals surface area (Å²) in [6.07, 6.45) is 4.47. The second-order valence-corrected chi connectivity index (χ2v) is 5.42. The first-order chi connectivity index (χ1) is 9.65. The lowest BCUT2D eigenvalue weighted by atomic mass is 10.1. The summed E-state index contributed by atoms with van der Waals surface area (Å²) in [7, 11) is 0. The van der Waals surface area contributed by atoms with Crippen molar-refractivity contribution >= 4 is 21.9 Å². The van der Waals surface area contributed by atoms with Gasteiger partial charge in [-0.3, -0.25) is 0 Å². The molecule has 0 radical (unpaired) electrons. The zero-order valence-corrected chi connectivity index (χ0v) is 13.7. The van der Waals surface area contributed by atoms with Crippen LogP contribution in [0.5, 0.6) is 0 Å². The number of carbonyl (C=O) groups is 1. The number of esters is 1. The molecule has 0 aliphatic rings. The van der Waals surface area contributed by atoms with Gasteiger partial charge in [-0.1, -0.05) is 41.4 Å². The monoisotopic (exact) mass is 339 g/mol. The van der Waals surface area contributed by atoms with Gasteiger partial charge in [0.15, 0.2) is 0 Å². The zero-order valence-electron chi connectivity index (χ0n) is 12.1. The third-order valence-electron chi connectivity index (χ3n) is 2.77. The third kappa shape index (κ3) is 6.75. The van der Waals surface area contributed by atoms with Crippen molar-refractivity contribution in [1.29, 1.82) is 0 Å². The van der Waals surface area contributed by atoms with Gasteiger partial charge in [0.05, 0.1) is 6.61 Å². The number of unbranched alkanes of at least 4 members (excludes halogenated alkanes) is 1. The van der Waals surface area contributed by atoms with Crippen LogP contribution in [0, 0.1) is 0 Å². The number of halogens is 1. The molecule has 1 aromatic carbocycles. The minimum Gasteiger partial charge on any atom is -0.463 e. The predicted molar refractivity (Wildman–Crippen MR) is 85.5 cm³/mol. The minimum atomic E-state index is -0.288. The van der Waals surface area contributed by atoms with Crippen molar-refractivity contribution in [2.75, 3.05) is 13.2 Å². The molecule has 1 rings (SSSR count). The molecule has 0 bridgehead atoms. The fourth-order valence-corrected chi connectivity index (χ4v) is 2.00. The topological polar surface area (TPSA) is 38.3 Å². The normalized spacial score (nSPS) is 11.2. The van der Waals surface area contributed by atoms with Crippen LogP contribution in [0.2, 0.25) is 0 Å². The largest absolute Gasteiger partial charge is 0.463 e. The summed E-state index contributed by atoms with van der Waals surface area (Å²) in [5, 5.41) is 3.32. The van der Waals surface area contributed by atoms with E-state index in [-0.39, 0.29) is 5.97 Å². The molecule has 0 unspecified atom stereocenters. The van der Waals surface area contributed by atoms with Crippen LogP contribution in [0.4, 0.5) is 0 Å². The van der Waals surface area contributed by atoms with E-state index in [0.717, 1.165) is 35.1 Å². The molecule has 0 aliphatic heterocycles. The molecule has 0 saturated carbocycles. The van der Waals surface area contributed by atoms with E-state index in [1.165, 1.54) is 0 Å². The van der Waals surface area contributed by atoms with Gasteiger partial charge in [0.25, 0.3) is 0 Å². The van der Waals surface area contributed by atoms with Gasteiger partial charge >= 0.3 is 5.97 Å². The van der Waals surface area contributed by atoms with Crippen molar-refractivity contribution in [3.8, 4) is 0 Å². The van der Waals surface area contributed by atoms with Crippen molar-refractivity contribution in [3.05, 3.63) is 46.1 Å². The maximum Gasteiger partial charge on any atom is 0.332 e. The highest BCUT2D eigenvalue weighted by molar-refractivity contribution is 9.10. The van der Waals surface area contributed by atoms with Crippen molar-refractivity contribution in [3.63, 3.8) is 0 Å². The van der Waals surface area contributed by atoms with Crippen LogP contribution in [0.25, 0.3) is 0 Å². The Kier molecular flexibility index (Phi) is 8.04. The molecule has 0 fully saturated rings. The van der Waals surface area contributed by atoms with E-state index in [0.29, 0.717) is 13.0 Å². The minimum absolute atomic E-state index is 0.288. The molecular formula is C16H22BrNO2. The third-order valence-corrected chi connectivity index (χ3v) is 3.30. The summed E-state index contributed by atoms with van der Waals surface area (Å²) in [5.41, 5.74) is 2.06.